The first kappa shape index (κ1) is 29.7. The number of allylic oxidation sites excluding steroid dienone is 2. The molecule has 0 saturated carbocycles. The van der Waals surface area contributed by atoms with E-state index >= 15 is 0 Å². The third kappa shape index (κ3) is 7.53. The second-order valence-corrected chi connectivity index (χ2v) is 11.4. The molecule has 1 aliphatic heterocycles. The molecule has 0 radical (unpaired) electrons. The Balaban J connectivity index is 1.25. The van der Waals surface area contributed by atoms with E-state index in [1.54, 1.807) is 31.8 Å². The lowest BCUT2D eigenvalue weighted by Gasteiger charge is -2.23. The smallest absolute Gasteiger partial charge is 0.163 e. The van der Waals surface area contributed by atoms with Gasteiger partial charge >= 0.3 is 0 Å². The van der Waals surface area contributed by atoms with Gasteiger partial charge in [0, 0.05) is 53.3 Å². The quantitative estimate of drug-likeness (QED) is 0.201. The Morgan fingerprint density at radius 1 is 0.930 bits per heavy atom. The van der Waals surface area contributed by atoms with Crippen LogP contribution in [0.4, 0.5) is 11.4 Å². The molecule has 1 atom stereocenters. The molecular formula is C35H38N4O4. The molecule has 222 valence electrons. The van der Waals surface area contributed by atoms with E-state index in [2.05, 4.69) is 60.3 Å². The van der Waals surface area contributed by atoms with Crippen molar-refractivity contribution in [1.82, 2.24) is 9.88 Å². The number of aromatic nitrogens is 1. The van der Waals surface area contributed by atoms with E-state index in [1.165, 1.54) is 5.56 Å². The summed E-state index contributed by atoms with van der Waals surface area (Å²) in [5, 5.41) is 14.9. The molecule has 2 N–H and O–H groups in total. The molecule has 0 fully saturated rings. The van der Waals surface area contributed by atoms with Crippen LogP contribution in [0.15, 0.2) is 102 Å². The van der Waals surface area contributed by atoms with Crippen LogP contribution in [-0.4, -0.2) is 47.6 Å². The average Bonchev–Trinajstić information content (AvgIpc) is 3.20. The van der Waals surface area contributed by atoms with Crippen molar-refractivity contribution in [2.24, 2.45) is 4.99 Å². The van der Waals surface area contributed by atoms with E-state index in [1.807, 2.05) is 60.5 Å². The molecule has 43 heavy (non-hydrogen) atoms. The number of rotatable bonds is 10. The largest absolute Gasteiger partial charge is 0.493 e. The summed E-state index contributed by atoms with van der Waals surface area (Å²) in [7, 11) is 1.58. The highest BCUT2D eigenvalue weighted by Gasteiger charge is 2.16. The predicted molar refractivity (Wildman–Crippen MR) is 173 cm³/mol. The zero-order valence-electron chi connectivity index (χ0n) is 25.2. The van der Waals surface area contributed by atoms with Crippen LogP contribution in [0.1, 0.15) is 33.3 Å². The van der Waals surface area contributed by atoms with Crippen LogP contribution in [0.25, 0.3) is 10.9 Å². The van der Waals surface area contributed by atoms with Crippen molar-refractivity contribution in [2.75, 3.05) is 25.6 Å². The number of anilines is 2. The average molecular weight is 579 g/mol. The summed E-state index contributed by atoms with van der Waals surface area (Å²) in [6, 6.07) is 21.8. The summed E-state index contributed by atoms with van der Waals surface area (Å²) >= 11 is 0. The van der Waals surface area contributed by atoms with E-state index < -0.39 is 6.10 Å². The van der Waals surface area contributed by atoms with Gasteiger partial charge in [-0.3, -0.25) is 9.98 Å². The lowest BCUT2D eigenvalue weighted by atomic mass is 9.87. The number of hydrogen-bond acceptors (Lipinski definition) is 8. The van der Waals surface area contributed by atoms with Gasteiger partial charge in [0.2, 0.25) is 0 Å². The van der Waals surface area contributed by atoms with Crippen LogP contribution in [0.2, 0.25) is 0 Å². The van der Waals surface area contributed by atoms with Crippen LogP contribution in [-0.2, 0) is 5.41 Å². The molecule has 4 aromatic rings. The number of aliphatic imine (C=N–C) groups is 1. The molecular weight excluding hydrogens is 540 g/mol. The number of aliphatic hydroxyl groups excluding tert-OH is 1. The number of ether oxygens (including phenoxy) is 3. The minimum absolute atomic E-state index is 0.0810. The predicted octanol–water partition coefficient (Wildman–Crippen LogP) is 7.58. The Kier molecular flexibility index (Phi) is 8.97. The number of aliphatic hydroxyl groups is 1. The number of nitrogens with one attached hydrogen (secondary N) is 1. The van der Waals surface area contributed by atoms with E-state index in [9.17, 15) is 5.11 Å². The summed E-state index contributed by atoms with van der Waals surface area (Å²) in [6.45, 7) is 9.02. The minimum atomic E-state index is -0.741. The molecule has 0 saturated heterocycles. The molecule has 3 aromatic carbocycles. The van der Waals surface area contributed by atoms with Gasteiger partial charge in [0.05, 0.1) is 19.2 Å². The van der Waals surface area contributed by atoms with Crippen LogP contribution >= 0.6 is 0 Å². The lowest BCUT2D eigenvalue weighted by molar-refractivity contribution is 0.0876. The number of benzene rings is 3. The van der Waals surface area contributed by atoms with Crippen molar-refractivity contribution in [3.63, 3.8) is 0 Å². The van der Waals surface area contributed by atoms with Gasteiger partial charge in [-0.05, 0) is 72.5 Å². The Morgan fingerprint density at radius 3 is 2.35 bits per heavy atom. The van der Waals surface area contributed by atoms with E-state index in [0.29, 0.717) is 35.1 Å². The van der Waals surface area contributed by atoms with E-state index in [4.69, 9.17) is 14.2 Å². The second-order valence-electron chi connectivity index (χ2n) is 11.4. The standard InChI is InChI=1S/C35H38N4O4/c1-24-21-36-16-6-18-39(24)22-28(40)23-42-34-20-31-30(19-33(34)41-5)32(15-17-37-31)43-29-13-11-27(12-14-29)38-26-9-7-25(8-10-26)35(2,3)4/h6-21,28,38,40H,22-23H2,1-5H3. The highest BCUT2D eigenvalue weighted by Crippen LogP contribution is 2.37. The molecule has 0 spiro atoms. The molecule has 8 heteroatoms. The van der Waals surface area contributed by atoms with E-state index in [-0.39, 0.29) is 12.0 Å². The normalized spacial score (nSPS) is 13.8. The van der Waals surface area contributed by atoms with Crippen LogP contribution in [0.5, 0.6) is 23.0 Å². The molecule has 0 amide bonds. The highest BCUT2D eigenvalue weighted by atomic mass is 16.5. The Labute approximate surface area is 253 Å². The molecule has 0 bridgehead atoms. The van der Waals surface area contributed by atoms with Gasteiger partial charge in [0.1, 0.15) is 24.2 Å². The summed E-state index contributed by atoms with van der Waals surface area (Å²) in [5.74, 6) is 2.35. The van der Waals surface area contributed by atoms with Crippen molar-refractivity contribution in [1.29, 1.82) is 0 Å². The third-order valence-corrected chi connectivity index (χ3v) is 7.10. The van der Waals surface area contributed by atoms with Gasteiger partial charge in [-0.1, -0.05) is 32.9 Å². The Hall–Kier alpha value is -4.82. The minimum Gasteiger partial charge on any atom is -0.493 e. The lowest BCUT2D eigenvalue weighted by Crippen LogP contribution is -2.31. The van der Waals surface area contributed by atoms with Crippen molar-refractivity contribution in [3.8, 4) is 23.0 Å². The third-order valence-electron chi connectivity index (χ3n) is 7.10. The first-order valence-electron chi connectivity index (χ1n) is 14.3. The van der Waals surface area contributed by atoms with Gasteiger partial charge in [-0.25, -0.2) is 0 Å². The second kappa shape index (κ2) is 13.0. The number of nitrogens with zero attached hydrogens (tertiary/aromatic N) is 3. The highest BCUT2D eigenvalue weighted by molar-refractivity contribution is 5.88. The molecule has 1 aromatic heterocycles. The maximum atomic E-state index is 10.7. The number of hydrogen-bond donors (Lipinski definition) is 2. The summed E-state index contributed by atoms with van der Waals surface area (Å²) < 4.78 is 17.9. The van der Waals surface area contributed by atoms with Gasteiger partial charge in [0.15, 0.2) is 11.5 Å². The maximum absolute atomic E-state index is 10.7. The maximum Gasteiger partial charge on any atom is 0.163 e. The first-order chi connectivity index (χ1) is 20.7. The van der Waals surface area contributed by atoms with Crippen LogP contribution < -0.4 is 19.5 Å². The number of methoxy groups -OCH3 is 1. The Bertz CT molecular complexity index is 1640. The molecule has 1 unspecified atom stereocenters. The number of β-amino-alcohol motifs (C(OH)–C–C–N with tert-alkyl or cyclic N) is 1. The number of fused-ring (bicyclic) bond motifs is 1. The molecule has 8 nitrogen and oxygen atoms in total. The van der Waals surface area contributed by atoms with Gasteiger partial charge in [0.25, 0.3) is 0 Å². The molecule has 0 aliphatic carbocycles. The fourth-order valence-electron chi connectivity index (χ4n) is 4.65. The first-order valence-corrected chi connectivity index (χ1v) is 14.3. The summed E-state index contributed by atoms with van der Waals surface area (Å²) in [5.41, 5.74) is 5.02. The monoisotopic (exact) mass is 578 g/mol. The van der Waals surface area contributed by atoms with Crippen molar-refractivity contribution in [3.05, 3.63) is 103 Å². The molecule has 5 rings (SSSR count). The molecule has 1 aliphatic rings. The van der Waals surface area contributed by atoms with Gasteiger partial charge < -0.3 is 29.5 Å². The van der Waals surface area contributed by atoms with Crippen LogP contribution in [0, 0.1) is 0 Å². The zero-order chi connectivity index (χ0) is 30.4. The van der Waals surface area contributed by atoms with Gasteiger partial charge in [-0.15, -0.1) is 0 Å². The van der Waals surface area contributed by atoms with Crippen LogP contribution in [0.3, 0.4) is 0 Å². The zero-order valence-corrected chi connectivity index (χ0v) is 25.2. The van der Waals surface area contributed by atoms with Crippen molar-refractivity contribution >= 4 is 28.5 Å². The summed E-state index contributed by atoms with van der Waals surface area (Å²) in [6.07, 6.45) is 8.12. The van der Waals surface area contributed by atoms with Gasteiger partial charge in [-0.2, -0.15) is 0 Å². The number of pyridine rings is 1. The topological polar surface area (TPSA) is 88.4 Å². The Morgan fingerprint density at radius 2 is 1.65 bits per heavy atom. The van der Waals surface area contributed by atoms with E-state index in [0.717, 1.165) is 22.5 Å². The fourth-order valence-corrected chi connectivity index (χ4v) is 4.65. The fraction of sp³-hybridized carbons (Fsp3) is 0.257. The summed E-state index contributed by atoms with van der Waals surface area (Å²) in [4.78, 5) is 10.6. The van der Waals surface area contributed by atoms with Crippen molar-refractivity contribution in [2.45, 2.75) is 39.2 Å². The molecule has 2 heterocycles. The SMILES string of the molecule is COc1cc2c(Oc3ccc(Nc4ccc(C(C)(C)C)cc4)cc3)ccnc2cc1OCC(O)CN1C=CC=NC=C1C. The van der Waals surface area contributed by atoms with Crippen molar-refractivity contribution < 1.29 is 19.3 Å².